The van der Waals surface area contributed by atoms with Crippen LogP contribution in [-0.4, -0.2) is 36.3 Å². The Morgan fingerprint density at radius 2 is 2.04 bits per heavy atom. The monoisotopic (exact) mass is 390 g/mol. The second kappa shape index (κ2) is 8.09. The Kier molecular flexibility index (Phi) is 5.60. The molecule has 1 aliphatic heterocycles. The maximum Gasteiger partial charge on any atom is 0.333 e. The van der Waals surface area contributed by atoms with Gasteiger partial charge in [0.2, 0.25) is 5.91 Å². The summed E-state index contributed by atoms with van der Waals surface area (Å²) in [6.45, 7) is 2.51. The molecule has 0 spiro atoms. The first kappa shape index (κ1) is 18.7. The number of fused-ring (bicyclic) bond motifs is 1. The van der Waals surface area contributed by atoms with Crippen molar-refractivity contribution in [2.75, 3.05) is 19.8 Å². The van der Waals surface area contributed by atoms with E-state index in [9.17, 15) is 14.4 Å². The number of benzene rings is 1. The van der Waals surface area contributed by atoms with Crippen molar-refractivity contribution in [2.24, 2.45) is 5.73 Å². The Labute approximate surface area is 158 Å². The summed E-state index contributed by atoms with van der Waals surface area (Å²) in [5, 5.41) is 0. The summed E-state index contributed by atoms with van der Waals surface area (Å²) >= 11 is 1.07. The molecule has 142 valence electrons. The van der Waals surface area contributed by atoms with E-state index < -0.39 is 17.4 Å². The highest BCUT2D eigenvalue weighted by molar-refractivity contribution is 7.07. The van der Waals surface area contributed by atoms with Crippen LogP contribution in [0, 0.1) is 0 Å². The minimum absolute atomic E-state index is 0.205. The molecule has 0 saturated heterocycles. The SMILES string of the molecule is CCOC(=O)/C=c1/s/c(=C\c2ccc3c(c2)OCCO3)c(=O)n1CC(N)=O. The van der Waals surface area contributed by atoms with E-state index in [1.54, 1.807) is 31.2 Å². The van der Waals surface area contributed by atoms with Crippen LogP contribution in [0.3, 0.4) is 0 Å². The normalized spacial score (nSPS) is 14.3. The lowest BCUT2D eigenvalue weighted by Gasteiger charge is -2.18. The van der Waals surface area contributed by atoms with Gasteiger partial charge in [-0.25, -0.2) is 4.79 Å². The summed E-state index contributed by atoms with van der Waals surface area (Å²) in [5.74, 6) is -0.0310. The van der Waals surface area contributed by atoms with Gasteiger partial charge in [0.25, 0.3) is 5.56 Å². The van der Waals surface area contributed by atoms with Crippen molar-refractivity contribution in [3.05, 3.63) is 43.3 Å². The lowest BCUT2D eigenvalue weighted by atomic mass is 10.2. The molecular formula is C18H18N2O6S. The van der Waals surface area contributed by atoms with E-state index in [2.05, 4.69) is 0 Å². The number of nitrogens with zero attached hydrogens (tertiary/aromatic N) is 1. The van der Waals surface area contributed by atoms with Crippen LogP contribution >= 0.6 is 11.3 Å². The molecule has 9 heteroatoms. The molecule has 27 heavy (non-hydrogen) atoms. The van der Waals surface area contributed by atoms with Gasteiger partial charge < -0.3 is 19.9 Å². The highest BCUT2D eigenvalue weighted by Gasteiger charge is 2.12. The molecule has 2 heterocycles. The number of aromatic nitrogens is 1. The van der Waals surface area contributed by atoms with E-state index in [-0.39, 0.29) is 13.2 Å². The predicted molar refractivity (Wildman–Crippen MR) is 99.1 cm³/mol. The van der Waals surface area contributed by atoms with Crippen LogP contribution < -0.4 is 30.0 Å². The van der Waals surface area contributed by atoms with Crippen LogP contribution in [0.15, 0.2) is 23.0 Å². The Morgan fingerprint density at radius 1 is 1.30 bits per heavy atom. The number of esters is 1. The van der Waals surface area contributed by atoms with Crippen LogP contribution in [-0.2, 0) is 20.9 Å². The minimum Gasteiger partial charge on any atom is -0.486 e. The highest BCUT2D eigenvalue weighted by atomic mass is 32.1. The minimum atomic E-state index is -0.681. The van der Waals surface area contributed by atoms with Crippen molar-refractivity contribution >= 4 is 35.4 Å². The number of carbonyl (C=O) groups is 2. The fourth-order valence-electron chi connectivity index (χ4n) is 2.53. The maximum atomic E-state index is 12.7. The third kappa shape index (κ3) is 4.37. The van der Waals surface area contributed by atoms with Crippen molar-refractivity contribution in [3.63, 3.8) is 0 Å². The zero-order chi connectivity index (χ0) is 19.4. The third-order valence-electron chi connectivity index (χ3n) is 3.64. The summed E-state index contributed by atoms with van der Waals surface area (Å²) < 4.78 is 17.7. The average Bonchev–Trinajstić information content (AvgIpc) is 2.90. The van der Waals surface area contributed by atoms with E-state index in [0.717, 1.165) is 21.5 Å². The van der Waals surface area contributed by atoms with Gasteiger partial charge in [0.05, 0.1) is 17.2 Å². The van der Waals surface area contributed by atoms with Crippen molar-refractivity contribution in [2.45, 2.75) is 13.5 Å². The summed E-state index contributed by atoms with van der Waals surface area (Å²) in [4.78, 5) is 35.7. The Balaban J connectivity index is 2.09. The summed E-state index contributed by atoms with van der Waals surface area (Å²) in [6, 6.07) is 5.32. The van der Waals surface area contributed by atoms with E-state index in [0.29, 0.717) is 33.9 Å². The molecular weight excluding hydrogens is 372 g/mol. The van der Waals surface area contributed by atoms with Gasteiger partial charge in [-0.05, 0) is 30.7 Å². The largest absolute Gasteiger partial charge is 0.486 e. The van der Waals surface area contributed by atoms with Crippen LogP contribution in [0.1, 0.15) is 12.5 Å². The number of primary amides is 1. The molecule has 2 aromatic rings. The quantitative estimate of drug-likeness (QED) is 0.679. The van der Waals surface area contributed by atoms with Gasteiger partial charge in [0.15, 0.2) is 11.5 Å². The van der Waals surface area contributed by atoms with Gasteiger partial charge >= 0.3 is 5.97 Å². The fraction of sp³-hybridized carbons (Fsp3) is 0.278. The Morgan fingerprint density at radius 3 is 2.74 bits per heavy atom. The van der Waals surface area contributed by atoms with Gasteiger partial charge in [-0.1, -0.05) is 6.07 Å². The first-order valence-electron chi connectivity index (χ1n) is 8.25. The number of carbonyl (C=O) groups excluding carboxylic acids is 2. The molecule has 0 unspecified atom stereocenters. The topological polar surface area (TPSA) is 110 Å². The number of ether oxygens (including phenoxy) is 3. The molecule has 1 amide bonds. The maximum absolute atomic E-state index is 12.7. The van der Waals surface area contributed by atoms with Crippen LogP contribution in [0.2, 0.25) is 0 Å². The highest BCUT2D eigenvalue weighted by Crippen LogP contribution is 2.30. The molecule has 3 rings (SSSR count). The molecule has 1 aromatic carbocycles. The molecule has 0 bridgehead atoms. The van der Waals surface area contributed by atoms with Gasteiger partial charge in [-0.3, -0.25) is 14.2 Å². The van der Waals surface area contributed by atoms with Crippen LogP contribution in [0.5, 0.6) is 11.5 Å². The van der Waals surface area contributed by atoms with Crippen molar-refractivity contribution < 1.29 is 23.8 Å². The number of amides is 1. The van der Waals surface area contributed by atoms with Gasteiger partial charge in [-0.15, -0.1) is 11.3 Å². The zero-order valence-corrected chi connectivity index (χ0v) is 15.4. The van der Waals surface area contributed by atoms with E-state index >= 15 is 0 Å². The summed E-state index contributed by atoms with van der Waals surface area (Å²) in [7, 11) is 0. The predicted octanol–water partition coefficient (Wildman–Crippen LogP) is -0.661. The molecule has 0 aliphatic carbocycles. The number of hydrogen-bond acceptors (Lipinski definition) is 7. The standard InChI is InChI=1S/C18H18N2O6S/c1-2-24-17(22)9-16-20(10-15(19)21)18(23)14(27-16)8-11-3-4-12-13(7-11)26-6-5-25-12/h3-4,7-9H,2,5-6,10H2,1H3,(H2,19,21)/b14-8-,16-9+. The second-order valence-electron chi connectivity index (χ2n) is 5.61. The van der Waals surface area contributed by atoms with Gasteiger partial charge in [0.1, 0.15) is 24.4 Å². The van der Waals surface area contributed by atoms with Crippen LogP contribution in [0.4, 0.5) is 0 Å². The number of thiazole rings is 1. The van der Waals surface area contributed by atoms with E-state index in [1.807, 2.05) is 0 Å². The second-order valence-corrected chi connectivity index (χ2v) is 6.67. The first-order chi connectivity index (χ1) is 13.0. The molecule has 2 N–H and O–H groups in total. The lowest BCUT2D eigenvalue weighted by molar-refractivity contribution is -0.135. The molecule has 0 radical (unpaired) electrons. The van der Waals surface area contributed by atoms with Crippen molar-refractivity contribution in [1.29, 1.82) is 0 Å². The fourth-order valence-corrected chi connectivity index (χ4v) is 3.57. The number of nitrogens with two attached hydrogens (primary N) is 1. The number of hydrogen-bond donors (Lipinski definition) is 1. The summed E-state index contributed by atoms with van der Waals surface area (Å²) in [5.41, 5.74) is 5.54. The Bertz CT molecular complexity index is 1050. The smallest absolute Gasteiger partial charge is 0.333 e. The van der Waals surface area contributed by atoms with Crippen molar-refractivity contribution in [1.82, 2.24) is 4.57 Å². The average molecular weight is 390 g/mol. The molecule has 0 atom stereocenters. The summed E-state index contributed by atoms with van der Waals surface area (Å²) in [6.07, 6.45) is 2.84. The molecule has 0 fully saturated rings. The van der Waals surface area contributed by atoms with Crippen LogP contribution in [0.25, 0.3) is 12.2 Å². The van der Waals surface area contributed by atoms with Gasteiger partial charge in [-0.2, -0.15) is 0 Å². The molecule has 1 aliphatic rings. The zero-order valence-electron chi connectivity index (χ0n) is 14.6. The van der Waals surface area contributed by atoms with E-state index in [1.165, 1.54) is 6.08 Å². The third-order valence-corrected chi connectivity index (χ3v) is 4.70. The molecule has 0 saturated carbocycles. The van der Waals surface area contributed by atoms with E-state index in [4.69, 9.17) is 19.9 Å². The van der Waals surface area contributed by atoms with Crippen molar-refractivity contribution in [3.8, 4) is 11.5 Å². The van der Waals surface area contributed by atoms with Gasteiger partial charge in [0, 0.05) is 0 Å². The number of rotatable bonds is 5. The molecule has 8 nitrogen and oxygen atoms in total. The Hall–Kier alpha value is -3.07. The first-order valence-corrected chi connectivity index (χ1v) is 9.07. The molecule has 1 aromatic heterocycles. The lowest BCUT2D eigenvalue weighted by Crippen LogP contribution is -2.36.